The number of carbonyl (C=O) groups is 1. The molecular formula is C25H24O5S. The van der Waals surface area contributed by atoms with E-state index in [9.17, 15) is 9.35 Å². The van der Waals surface area contributed by atoms with Gasteiger partial charge in [0, 0.05) is 29.0 Å². The molecule has 3 aromatic rings. The Hall–Kier alpha value is -2.96. The summed E-state index contributed by atoms with van der Waals surface area (Å²) in [4.78, 5) is 10.8. The van der Waals surface area contributed by atoms with E-state index in [1.54, 1.807) is 6.07 Å². The van der Waals surface area contributed by atoms with Crippen LogP contribution < -0.4 is 9.47 Å². The SMILES string of the molecule is O=C(O)COc1cccc2c1OCC2CC[S+]([O-])C(c1ccccc1)c1ccccc1. The molecule has 5 nitrogen and oxygen atoms in total. The summed E-state index contributed by atoms with van der Waals surface area (Å²) in [5.41, 5.74) is 3.06. The lowest BCUT2D eigenvalue weighted by Crippen LogP contribution is -2.20. The topological polar surface area (TPSA) is 78.8 Å². The molecule has 6 heteroatoms. The number of hydrogen-bond acceptors (Lipinski definition) is 4. The van der Waals surface area contributed by atoms with Crippen molar-refractivity contribution in [1.29, 1.82) is 0 Å². The number of hydrogen-bond donors (Lipinski definition) is 1. The van der Waals surface area contributed by atoms with Crippen LogP contribution in [0.1, 0.15) is 34.3 Å². The maximum absolute atomic E-state index is 13.4. The van der Waals surface area contributed by atoms with Crippen molar-refractivity contribution in [2.75, 3.05) is 19.0 Å². The van der Waals surface area contributed by atoms with E-state index in [1.807, 2.05) is 72.8 Å². The average Bonchev–Trinajstić information content (AvgIpc) is 3.21. The largest absolute Gasteiger partial charge is 0.616 e. The minimum atomic E-state index is -1.11. The highest BCUT2D eigenvalue weighted by molar-refractivity contribution is 7.91. The van der Waals surface area contributed by atoms with Crippen LogP contribution in [0.3, 0.4) is 0 Å². The summed E-state index contributed by atoms with van der Waals surface area (Å²) < 4.78 is 24.6. The maximum Gasteiger partial charge on any atom is 0.341 e. The normalized spacial score (nSPS) is 15.9. The number of carboxylic acids is 1. The van der Waals surface area contributed by atoms with Gasteiger partial charge in [0.1, 0.15) is 5.75 Å². The number of benzene rings is 3. The van der Waals surface area contributed by atoms with Crippen molar-refractivity contribution in [2.24, 2.45) is 0 Å². The molecule has 0 bridgehead atoms. The molecule has 1 heterocycles. The van der Waals surface area contributed by atoms with E-state index < -0.39 is 23.8 Å². The molecule has 3 aromatic carbocycles. The van der Waals surface area contributed by atoms with Crippen molar-refractivity contribution in [2.45, 2.75) is 17.6 Å². The van der Waals surface area contributed by atoms with Crippen molar-refractivity contribution < 1.29 is 23.9 Å². The molecule has 0 saturated carbocycles. The van der Waals surface area contributed by atoms with Gasteiger partial charge in [-0.2, -0.15) is 0 Å². The Labute approximate surface area is 184 Å². The average molecular weight is 437 g/mol. The van der Waals surface area contributed by atoms with Crippen LogP contribution in [0.4, 0.5) is 0 Å². The minimum absolute atomic E-state index is 0.0968. The first-order chi connectivity index (χ1) is 15.1. The Kier molecular flexibility index (Phi) is 6.79. The van der Waals surface area contributed by atoms with Crippen LogP contribution in [0.25, 0.3) is 0 Å². The van der Waals surface area contributed by atoms with Crippen LogP contribution in [0.15, 0.2) is 78.9 Å². The number of aliphatic carboxylic acids is 1. The van der Waals surface area contributed by atoms with E-state index in [4.69, 9.17) is 14.6 Å². The summed E-state index contributed by atoms with van der Waals surface area (Å²) >= 11 is -1.11. The maximum atomic E-state index is 13.4. The zero-order valence-electron chi connectivity index (χ0n) is 17.0. The van der Waals surface area contributed by atoms with Crippen LogP contribution in [0, 0.1) is 0 Å². The number of para-hydroxylation sites is 1. The lowest BCUT2D eigenvalue weighted by molar-refractivity contribution is -0.139. The van der Waals surface area contributed by atoms with Crippen LogP contribution in [0.5, 0.6) is 11.5 Å². The number of ether oxygens (including phenoxy) is 2. The van der Waals surface area contributed by atoms with Crippen LogP contribution in [-0.2, 0) is 16.0 Å². The molecule has 4 rings (SSSR count). The molecule has 0 radical (unpaired) electrons. The van der Waals surface area contributed by atoms with Gasteiger partial charge in [0.15, 0.2) is 23.4 Å². The molecule has 1 aliphatic heterocycles. The fraction of sp³-hybridized carbons (Fsp3) is 0.240. The lowest BCUT2D eigenvalue weighted by Gasteiger charge is -2.23. The van der Waals surface area contributed by atoms with Gasteiger partial charge in [0.05, 0.1) is 6.61 Å². The van der Waals surface area contributed by atoms with Gasteiger partial charge >= 0.3 is 5.97 Å². The summed E-state index contributed by atoms with van der Waals surface area (Å²) in [7, 11) is 0. The van der Waals surface area contributed by atoms with E-state index in [0.29, 0.717) is 30.3 Å². The number of carboxylic acid groups (broad SMARTS) is 1. The second kappa shape index (κ2) is 9.90. The van der Waals surface area contributed by atoms with Crippen LogP contribution in [-0.4, -0.2) is 34.6 Å². The first-order valence-corrected chi connectivity index (χ1v) is 11.6. The monoisotopic (exact) mass is 436 g/mol. The van der Waals surface area contributed by atoms with Gasteiger partial charge < -0.3 is 19.1 Å². The third kappa shape index (κ3) is 5.03. The van der Waals surface area contributed by atoms with Gasteiger partial charge in [-0.3, -0.25) is 0 Å². The van der Waals surface area contributed by atoms with Crippen LogP contribution in [0.2, 0.25) is 0 Å². The van der Waals surface area contributed by atoms with E-state index in [2.05, 4.69) is 0 Å². The van der Waals surface area contributed by atoms with Gasteiger partial charge in [-0.15, -0.1) is 0 Å². The first kappa shape index (κ1) is 21.3. The van der Waals surface area contributed by atoms with E-state index >= 15 is 0 Å². The highest BCUT2D eigenvalue weighted by Gasteiger charge is 2.31. The quantitative estimate of drug-likeness (QED) is 0.498. The second-order valence-electron chi connectivity index (χ2n) is 7.44. The standard InChI is InChI=1S/C25H24O5S/c26-23(27)17-29-22-13-7-12-21-20(16-30-24(21)22)14-15-31(28)25(18-8-3-1-4-9-18)19-10-5-2-6-11-19/h1-13,20,25H,14-17H2,(H,26,27). The van der Waals surface area contributed by atoms with E-state index in [-0.39, 0.29) is 11.2 Å². The molecule has 0 saturated heterocycles. The van der Waals surface area contributed by atoms with E-state index in [1.165, 1.54) is 0 Å². The Balaban J connectivity index is 1.48. The fourth-order valence-electron chi connectivity index (χ4n) is 3.90. The molecule has 0 aromatic heterocycles. The summed E-state index contributed by atoms with van der Waals surface area (Å²) in [6, 6.07) is 25.4. The molecule has 0 fully saturated rings. The lowest BCUT2D eigenvalue weighted by atomic mass is 9.98. The zero-order valence-corrected chi connectivity index (χ0v) is 17.8. The van der Waals surface area contributed by atoms with Gasteiger partial charge in [-0.05, 0) is 17.2 Å². The second-order valence-corrected chi connectivity index (χ2v) is 9.08. The van der Waals surface area contributed by atoms with Crippen molar-refractivity contribution in [3.05, 3.63) is 95.6 Å². The molecule has 0 amide bonds. The van der Waals surface area contributed by atoms with Gasteiger partial charge in [0.2, 0.25) is 0 Å². The number of rotatable bonds is 9. The summed E-state index contributed by atoms with van der Waals surface area (Å²) in [6.45, 7) is 0.0612. The molecule has 0 spiro atoms. The van der Waals surface area contributed by atoms with Gasteiger partial charge in [0.25, 0.3) is 0 Å². The Bertz CT molecular complexity index is 969. The third-order valence-electron chi connectivity index (χ3n) is 5.36. The smallest absolute Gasteiger partial charge is 0.341 e. The fourth-order valence-corrected chi connectivity index (χ4v) is 5.58. The van der Waals surface area contributed by atoms with Gasteiger partial charge in [-0.1, -0.05) is 72.8 Å². The molecule has 1 aliphatic rings. The van der Waals surface area contributed by atoms with Crippen molar-refractivity contribution in [3.63, 3.8) is 0 Å². The van der Waals surface area contributed by atoms with Crippen molar-refractivity contribution >= 4 is 17.1 Å². The molecular weight excluding hydrogens is 412 g/mol. The van der Waals surface area contributed by atoms with Crippen LogP contribution >= 0.6 is 0 Å². The molecule has 1 N–H and O–H groups in total. The molecule has 31 heavy (non-hydrogen) atoms. The molecule has 2 atom stereocenters. The highest BCUT2D eigenvalue weighted by Crippen LogP contribution is 2.43. The van der Waals surface area contributed by atoms with Crippen molar-refractivity contribution in [3.8, 4) is 11.5 Å². The van der Waals surface area contributed by atoms with E-state index in [0.717, 1.165) is 16.7 Å². The molecule has 2 unspecified atom stereocenters. The first-order valence-electron chi connectivity index (χ1n) is 10.2. The number of fused-ring (bicyclic) bond motifs is 1. The zero-order chi connectivity index (χ0) is 21.6. The summed E-state index contributed by atoms with van der Waals surface area (Å²) in [6.07, 6.45) is 0.707. The Morgan fingerprint density at radius 1 is 1.03 bits per heavy atom. The minimum Gasteiger partial charge on any atom is -0.616 e. The molecule has 160 valence electrons. The summed E-state index contributed by atoms with van der Waals surface area (Å²) in [5.74, 6) is 0.634. The predicted molar refractivity (Wildman–Crippen MR) is 120 cm³/mol. The Morgan fingerprint density at radius 3 is 2.29 bits per heavy atom. The highest BCUT2D eigenvalue weighted by atomic mass is 32.2. The molecule has 0 aliphatic carbocycles. The van der Waals surface area contributed by atoms with Crippen molar-refractivity contribution in [1.82, 2.24) is 0 Å². The third-order valence-corrected chi connectivity index (χ3v) is 7.07. The summed E-state index contributed by atoms with van der Waals surface area (Å²) in [5, 5.41) is 8.68. The predicted octanol–water partition coefficient (Wildman–Crippen LogP) is 4.55. The Morgan fingerprint density at radius 2 is 1.68 bits per heavy atom. The van der Waals surface area contributed by atoms with Gasteiger partial charge in [-0.25, -0.2) is 4.79 Å².